The van der Waals surface area contributed by atoms with E-state index < -0.39 is 0 Å². The minimum Gasteiger partial charge on any atom is -0.344 e. The topological polar surface area (TPSA) is 36.8 Å². The standard InChI is InChI=1S/C33H26BN3/c34-30-18-10-9-16-28(30)27-15-7-8-17-29(27)33-36-31(25-13-5-2-6-14-25)35-32(37-33)26-21-19-24(20-22-26)23-11-3-1-4-12-23/h1-22,33H,34H2,(H,35,36,37). The van der Waals surface area contributed by atoms with E-state index in [0.29, 0.717) is 0 Å². The van der Waals surface area contributed by atoms with Crippen LogP contribution in [0.15, 0.2) is 143 Å². The number of hydrogen-bond acceptors (Lipinski definition) is 3. The molecule has 1 atom stereocenters. The Labute approximate surface area is 218 Å². The van der Waals surface area contributed by atoms with Crippen molar-refractivity contribution in [3.05, 3.63) is 150 Å². The van der Waals surface area contributed by atoms with Gasteiger partial charge in [0, 0.05) is 16.7 Å². The first-order valence-electron chi connectivity index (χ1n) is 12.6. The molecule has 1 aliphatic rings. The van der Waals surface area contributed by atoms with Gasteiger partial charge >= 0.3 is 0 Å². The second-order valence-corrected chi connectivity index (χ2v) is 9.17. The van der Waals surface area contributed by atoms with Crippen LogP contribution < -0.4 is 10.8 Å². The van der Waals surface area contributed by atoms with Crippen molar-refractivity contribution >= 4 is 25.0 Å². The number of nitrogens with one attached hydrogen (secondary N) is 1. The second kappa shape index (κ2) is 10.1. The van der Waals surface area contributed by atoms with Crippen LogP contribution in [-0.4, -0.2) is 19.5 Å². The van der Waals surface area contributed by atoms with Crippen molar-refractivity contribution in [2.45, 2.75) is 6.17 Å². The summed E-state index contributed by atoms with van der Waals surface area (Å²) < 4.78 is 0. The molecule has 0 saturated heterocycles. The molecule has 37 heavy (non-hydrogen) atoms. The summed E-state index contributed by atoms with van der Waals surface area (Å²) in [5, 5.41) is 3.64. The highest BCUT2D eigenvalue weighted by Crippen LogP contribution is 2.30. The number of hydrogen-bond donors (Lipinski definition) is 1. The van der Waals surface area contributed by atoms with Crippen LogP contribution in [0, 0.1) is 0 Å². The van der Waals surface area contributed by atoms with Gasteiger partial charge in [-0.15, -0.1) is 0 Å². The Morgan fingerprint density at radius 2 is 1.05 bits per heavy atom. The van der Waals surface area contributed by atoms with Crippen molar-refractivity contribution < 1.29 is 0 Å². The molecule has 1 unspecified atom stereocenters. The molecule has 0 bridgehead atoms. The summed E-state index contributed by atoms with van der Waals surface area (Å²) in [6.07, 6.45) is -0.271. The van der Waals surface area contributed by atoms with Crippen LogP contribution in [0.25, 0.3) is 22.3 Å². The SMILES string of the molecule is Bc1ccccc1-c1ccccc1C1N=C(c2ccccc2)N=C(c2ccc(-c3ccccc3)cc2)N1. The number of aliphatic imine (C=N–C) groups is 2. The summed E-state index contributed by atoms with van der Waals surface area (Å²) in [5.74, 6) is 1.55. The maximum Gasteiger partial charge on any atom is 0.159 e. The van der Waals surface area contributed by atoms with Crippen molar-refractivity contribution in [1.82, 2.24) is 5.32 Å². The fraction of sp³-hybridized carbons (Fsp3) is 0.0303. The predicted molar refractivity (Wildman–Crippen MR) is 157 cm³/mol. The quantitative estimate of drug-likeness (QED) is 0.322. The van der Waals surface area contributed by atoms with Crippen molar-refractivity contribution in [2.75, 3.05) is 0 Å². The molecule has 176 valence electrons. The van der Waals surface area contributed by atoms with Gasteiger partial charge in [0.15, 0.2) is 5.84 Å². The molecular formula is C33H26BN3. The Morgan fingerprint density at radius 1 is 0.514 bits per heavy atom. The molecule has 0 amide bonds. The molecule has 1 N–H and O–H groups in total. The molecule has 0 radical (unpaired) electrons. The van der Waals surface area contributed by atoms with E-state index in [4.69, 9.17) is 9.98 Å². The summed E-state index contributed by atoms with van der Waals surface area (Å²) in [4.78, 5) is 10.1. The Hall–Kier alpha value is -4.70. The summed E-state index contributed by atoms with van der Waals surface area (Å²) in [6, 6.07) is 46.2. The first-order chi connectivity index (χ1) is 18.3. The number of benzene rings is 5. The molecule has 0 saturated carbocycles. The van der Waals surface area contributed by atoms with E-state index >= 15 is 0 Å². The molecule has 0 fully saturated rings. The second-order valence-electron chi connectivity index (χ2n) is 9.17. The zero-order valence-corrected chi connectivity index (χ0v) is 20.7. The summed E-state index contributed by atoms with van der Waals surface area (Å²) in [5.41, 5.74) is 9.16. The monoisotopic (exact) mass is 475 g/mol. The van der Waals surface area contributed by atoms with Gasteiger partial charge in [-0.3, -0.25) is 0 Å². The van der Waals surface area contributed by atoms with Gasteiger partial charge in [-0.1, -0.05) is 139 Å². The van der Waals surface area contributed by atoms with Gasteiger partial charge in [0.2, 0.25) is 0 Å². The first-order valence-corrected chi connectivity index (χ1v) is 12.6. The van der Waals surface area contributed by atoms with Gasteiger partial charge in [0.05, 0.1) is 0 Å². The van der Waals surface area contributed by atoms with Crippen LogP contribution in [-0.2, 0) is 0 Å². The van der Waals surface area contributed by atoms with Crippen LogP contribution >= 0.6 is 0 Å². The van der Waals surface area contributed by atoms with Crippen molar-refractivity contribution in [1.29, 1.82) is 0 Å². The highest BCUT2D eigenvalue weighted by molar-refractivity contribution is 6.36. The lowest BCUT2D eigenvalue weighted by Gasteiger charge is -2.26. The largest absolute Gasteiger partial charge is 0.344 e. The molecule has 5 aromatic carbocycles. The van der Waals surface area contributed by atoms with Crippen LogP contribution in [0.5, 0.6) is 0 Å². The summed E-state index contributed by atoms with van der Waals surface area (Å²) in [7, 11) is 2.15. The van der Waals surface area contributed by atoms with Gasteiger partial charge in [0.25, 0.3) is 0 Å². The number of amidine groups is 2. The zero-order chi connectivity index (χ0) is 25.0. The lowest BCUT2D eigenvalue weighted by atomic mass is 9.85. The molecule has 0 aliphatic carbocycles. The van der Waals surface area contributed by atoms with Gasteiger partial charge < -0.3 is 5.32 Å². The van der Waals surface area contributed by atoms with E-state index in [-0.39, 0.29) is 6.17 Å². The smallest absolute Gasteiger partial charge is 0.159 e. The Kier molecular flexibility index (Phi) is 6.22. The third-order valence-corrected chi connectivity index (χ3v) is 6.73. The van der Waals surface area contributed by atoms with Crippen LogP contribution in [0.3, 0.4) is 0 Å². The van der Waals surface area contributed by atoms with Crippen LogP contribution in [0.4, 0.5) is 0 Å². The van der Waals surface area contributed by atoms with Crippen LogP contribution in [0.1, 0.15) is 22.9 Å². The Bertz CT molecular complexity index is 1590. The number of nitrogens with zero attached hydrogens (tertiary/aromatic N) is 2. The average Bonchev–Trinajstić information content (AvgIpc) is 2.98. The molecule has 1 heterocycles. The Balaban J connectivity index is 1.42. The molecule has 0 spiro atoms. The predicted octanol–water partition coefficient (Wildman–Crippen LogP) is 5.77. The normalized spacial score (nSPS) is 14.9. The fourth-order valence-corrected chi connectivity index (χ4v) is 4.78. The van der Waals surface area contributed by atoms with Gasteiger partial charge in [-0.05, 0) is 22.3 Å². The van der Waals surface area contributed by atoms with E-state index in [2.05, 4.69) is 122 Å². The molecule has 5 aromatic rings. The number of rotatable bonds is 5. The highest BCUT2D eigenvalue weighted by atomic mass is 15.2. The van der Waals surface area contributed by atoms with Crippen LogP contribution in [0.2, 0.25) is 0 Å². The lowest BCUT2D eigenvalue weighted by molar-refractivity contribution is 0.676. The van der Waals surface area contributed by atoms with E-state index in [1.807, 2.05) is 24.3 Å². The van der Waals surface area contributed by atoms with Gasteiger partial charge in [-0.25, -0.2) is 9.98 Å². The van der Waals surface area contributed by atoms with Gasteiger partial charge in [-0.2, -0.15) is 0 Å². The molecular weight excluding hydrogens is 449 g/mol. The Morgan fingerprint density at radius 3 is 1.76 bits per heavy atom. The van der Waals surface area contributed by atoms with Gasteiger partial charge in [0.1, 0.15) is 19.8 Å². The van der Waals surface area contributed by atoms with E-state index in [0.717, 1.165) is 28.4 Å². The molecule has 1 aliphatic heterocycles. The minimum atomic E-state index is -0.271. The highest BCUT2D eigenvalue weighted by Gasteiger charge is 2.23. The summed E-state index contributed by atoms with van der Waals surface area (Å²) >= 11 is 0. The first kappa shape index (κ1) is 22.7. The minimum absolute atomic E-state index is 0.271. The van der Waals surface area contributed by atoms with E-state index in [1.54, 1.807) is 0 Å². The molecule has 4 heteroatoms. The average molecular weight is 475 g/mol. The summed E-state index contributed by atoms with van der Waals surface area (Å²) in [6.45, 7) is 0. The van der Waals surface area contributed by atoms with E-state index in [1.165, 1.54) is 27.7 Å². The van der Waals surface area contributed by atoms with Crippen molar-refractivity contribution in [3.8, 4) is 22.3 Å². The van der Waals surface area contributed by atoms with Crippen molar-refractivity contribution in [3.63, 3.8) is 0 Å². The molecule has 0 aromatic heterocycles. The zero-order valence-electron chi connectivity index (χ0n) is 20.7. The molecule has 3 nitrogen and oxygen atoms in total. The third-order valence-electron chi connectivity index (χ3n) is 6.73. The third kappa shape index (κ3) is 4.74. The maximum absolute atomic E-state index is 5.10. The fourth-order valence-electron chi connectivity index (χ4n) is 4.78. The molecule has 6 rings (SSSR count). The van der Waals surface area contributed by atoms with E-state index in [9.17, 15) is 0 Å². The lowest BCUT2D eigenvalue weighted by Crippen LogP contribution is -2.34. The maximum atomic E-state index is 5.10. The van der Waals surface area contributed by atoms with Crippen molar-refractivity contribution in [2.24, 2.45) is 9.98 Å².